The van der Waals surface area contributed by atoms with E-state index in [9.17, 15) is 4.91 Å². The largest absolute Gasteiger partial charge is 0.150 e. The summed E-state index contributed by atoms with van der Waals surface area (Å²) in [6.45, 7) is 0. The Morgan fingerprint density at radius 2 is 1.73 bits per heavy atom. The predicted octanol–water partition coefficient (Wildman–Crippen LogP) is 4.07. The molecule has 15 heavy (non-hydrogen) atoms. The third kappa shape index (κ3) is 2.44. The van der Waals surface area contributed by atoms with Crippen molar-refractivity contribution in [3.8, 4) is 0 Å². The molecule has 2 rings (SSSR count). The highest BCUT2D eigenvalue weighted by Gasteiger charge is 2.25. The van der Waals surface area contributed by atoms with E-state index in [0.717, 1.165) is 18.4 Å². The fourth-order valence-corrected chi connectivity index (χ4v) is 2.52. The first-order valence-electron chi connectivity index (χ1n) is 5.79. The zero-order chi connectivity index (χ0) is 10.5. The van der Waals surface area contributed by atoms with E-state index in [1.807, 2.05) is 30.3 Å². The van der Waals surface area contributed by atoms with Gasteiger partial charge in [-0.15, -0.1) is 0 Å². The van der Waals surface area contributed by atoms with Gasteiger partial charge in [0, 0.05) is 0 Å². The smallest absolute Gasteiger partial charge is 0.120 e. The third-order valence-corrected chi connectivity index (χ3v) is 3.35. The lowest BCUT2D eigenvalue weighted by atomic mass is 9.81. The van der Waals surface area contributed by atoms with Crippen molar-refractivity contribution in [1.82, 2.24) is 0 Å². The van der Waals surface area contributed by atoms with Crippen molar-refractivity contribution in [2.24, 2.45) is 11.1 Å². The first-order chi connectivity index (χ1) is 7.42. The van der Waals surface area contributed by atoms with Crippen LogP contribution in [-0.2, 0) is 0 Å². The van der Waals surface area contributed by atoms with Crippen LogP contribution in [0.5, 0.6) is 0 Å². The zero-order valence-corrected chi connectivity index (χ0v) is 8.93. The highest BCUT2D eigenvalue weighted by molar-refractivity contribution is 5.19. The Balaban J connectivity index is 2.12. The third-order valence-electron chi connectivity index (χ3n) is 3.35. The van der Waals surface area contributed by atoms with Crippen LogP contribution in [0, 0.1) is 10.8 Å². The number of nitrogens with zero attached hydrogens (tertiary/aromatic N) is 1. The lowest BCUT2D eigenvalue weighted by Gasteiger charge is -2.25. The van der Waals surface area contributed by atoms with Gasteiger partial charge in [0.15, 0.2) is 0 Å². The van der Waals surface area contributed by atoms with Crippen LogP contribution in [0.4, 0.5) is 0 Å². The van der Waals surface area contributed by atoms with Crippen LogP contribution in [0.2, 0.25) is 0 Å². The van der Waals surface area contributed by atoms with Crippen LogP contribution in [0.25, 0.3) is 0 Å². The van der Waals surface area contributed by atoms with Crippen LogP contribution in [0.3, 0.4) is 0 Å². The monoisotopic (exact) mass is 203 g/mol. The second-order valence-electron chi connectivity index (χ2n) is 4.36. The summed E-state index contributed by atoms with van der Waals surface area (Å²) >= 11 is 0. The summed E-state index contributed by atoms with van der Waals surface area (Å²) < 4.78 is 0. The van der Waals surface area contributed by atoms with Gasteiger partial charge in [0.1, 0.15) is 6.04 Å². The lowest BCUT2D eigenvalue weighted by molar-refractivity contribution is 0.308. The Morgan fingerprint density at radius 3 is 2.33 bits per heavy atom. The molecule has 2 heteroatoms. The minimum absolute atomic E-state index is 0.119. The molecule has 0 radical (unpaired) electrons. The van der Waals surface area contributed by atoms with E-state index in [2.05, 4.69) is 5.18 Å². The van der Waals surface area contributed by atoms with Crippen molar-refractivity contribution in [3.63, 3.8) is 0 Å². The van der Waals surface area contributed by atoms with E-state index < -0.39 is 0 Å². The molecule has 1 atom stereocenters. The Kier molecular flexibility index (Phi) is 3.49. The van der Waals surface area contributed by atoms with Gasteiger partial charge in [-0.05, 0) is 24.3 Å². The summed E-state index contributed by atoms with van der Waals surface area (Å²) in [5.74, 6) is 0.471. The van der Waals surface area contributed by atoms with Crippen LogP contribution in [0.1, 0.15) is 43.7 Å². The fraction of sp³-hybridized carbons (Fsp3) is 0.538. The summed E-state index contributed by atoms with van der Waals surface area (Å²) in [6, 6.07) is 9.85. The summed E-state index contributed by atoms with van der Waals surface area (Å²) in [4.78, 5) is 11.0. The maximum Gasteiger partial charge on any atom is 0.120 e. The van der Waals surface area contributed by atoms with Gasteiger partial charge < -0.3 is 0 Å². The van der Waals surface area contributed by atoms with Gasteiger partial charge >= 0.3 is 0 Å². The average molecular weight is 203 g/mol. The van der Waals surface area contributed by atoms with E-state index in [4.69, 9.17) is 0 Å². The first-order valence-corrected chi connectivity index (χ1v) is 5.79. The topological polar surface area (TPSA) is 29.4 Å². The minimum Gasteiger partial charge on any atom is -0.150 e. The van der Waals surface area contributed by atoms with E-state index in [1.54, 1.807) is 0 Å². The highest BCUT2D eigenvalue weighted by Crippen LogP contribution is 2.36. The molecule has 80 valence electrons. The van der Waals surface area contributed by atoms with Crippen LogP contribution in [0.15, 0.2) is 35.5 Å². The molecule has 0 spiro atoms. The van der Waals surface area contributed by atoms with Gasteiger partial charge in [-0.25, -0.2) is 0 Å². The summed E-state index contributed by atoms with van der Waals surface area (Å²) in [6.07, 6.45) is 6.14. The molecule has 0 aliphatic heterocycles. The van der Waals surface area contributed by atoms with Crippen LogP contribution in [-0.4, -0.2) is 0 Å². The summed E-state index contributed by atoms with van der Waals surface area (Å²) in [5.41, 5.74) is 1.08. The number of nitroso groups, excluding NO2 is 1. The molecule has 0 N–H and O–H groups in total. The Bertz CT molecular complexity index is 304. The molecule has 1 aromatic rings. The van der Waals surface area contributed by atoms with Crippen molar-refractivity contribution in [2.45, 2.75) is 38.1 Å². The molecule has 1 aliphatic rings. The van der Waals surface area contributed by atoms with E-state index in [-0.39, 0.29) is 6.04 Å². The standard InChI is InChI=1S/C13H17NO/c15-14-13(11-7-3-1-4-8-11)12-9-5-2-6-10-12/h1,3-4,7-8,12-13H,2,5-6,9-10H2. The maximum atomic E-state index is 11.0. The van der Waals surface area contributed by atoms with Crippen molar-refractivity contribution in [3.05, 3.63) is 40.8 Å². The molecule has 1 saturated carbocycles. The summed E-state index contributed by atoms with van der Waals surface area (Å²) in [5, 5.41) is 3.33. The van der Waals surface area contributed by atoms with E-state index in [0.29, 0.717) is 5.92 Å². The van der Waals surface area contributed by atoms with Gasteiger partial charge in [0.05, 0.1) is 0 Å². The molecule has 1 aliphatic carbocycles. The van der Waals surface area contributed by atoms with Crippen molar-refractivity contribution in [1.29, 1.82) is 0 Å². The fourth-order valence-electron chi connectivity index (χ4n) is 2.52. The quantitative estimate of drug-likeness (QED) is 0.681. The molecule has 0 amide bonds. The Morgan fingerprint density at radius 1 is 1.07 bits per heavy atom. The lowest BCUT2D eigenvalue weighted by Crippen LogP contribution is -2.14. The SMILES string of the molecule is O=NC(c1ccccc1)C1CCCCC1. The summed E-state index contributed by atoms with van der Waals surface area (Å²) in [7, 11) is 0. The zero-order valence-electron chi connectivity index (χ0n) is 8.93. The second-order valence-corrected chi connectivity index (χ2v) is 4.36. The number of hydrogen-bond donors (Lipinski definition) is 0. The first kappa shape index (κ1) is 10.3. The number of benzene rings is 1. The molecule has 0 bridgehead atoms. The Labute approximate surface area is 90.7 Å². The molecule has 0 heterocycles. The molecular formula is C13H17NO. The Hall–Kier alpha value is -1.18. The van der Waals surface area contributed by atoms with Crippen LogP contribution >= 0.6 is 0 Å². The van der Waals surface area contributed by atoms with Crippen LogP contribution < -0.4 is 0 Å². The minimum atomic E-state index is -0.119. The molecule has 1 unspecified atom stereocenters. The van der Waals surface area contributed by atoms with Gasteiger partial charge in [-0.3, -0.25) is 0 Å². The molecule has 1 fully saturated rings. The number of hydrogen-bond acceptors (Lipinski definition) is 2. The van der Waals surface area contributed by atoms with Gasteiger partial charge in [0.2, 0.25) is 0 Å². The molecule has 0 aromatic heterocycles. The molecular weight excluding hydrogens is 186 g/mol. The number of rotatable bonds is 3. The normalized spacial score (nSPS) is 19.7. The molecule has 1 aromatic carbocycles. The van der Waals surface area contributed by atoms with Crippen molar-refractivity contribution >= 4 is 0 Å². The second kappa shape index (κ2) is 5.06. The predicted molar refractivity (Wildman–Crippen MR) is 61.6 cm³/mol. The van der Waals surface area contributed by atoms with Gasteiger partial charge in [0.25, 0.3) is 0 Å². The van der Waals surface area contributed by atoms with E-state index >= 15 is 0 Å². The van der Waals surface area contributed by atoms with Gasteiger partial charge in [-0.2, -0.15) is 4.91 Å². The average Bonchev–Trinajstić information content (AvgIpc) is 2.33. The molecule has 2 nitrogen and oxygen atoms in total. The van der Waals surface area contributed by atoms with Crippen molar-refractivity contribution < 1.29 is 0 Å². The maximum absolute atomic E-state index is 11.0. The molecule has 0 saturated heterocycles. The highest BCUT2D eigenvalue weighted by atomic mass is 16.3. The van der Waals surface area contributed by atoms with E-state index in [1.165, 1.54) is 19.3 Å². The van der Waals surface area contributed by atoms with Crippen molar-refractivity contribution in [2.75, 3.05) is 0 Å². The van der Waals surface area contributed by atoms with Gasteiger partial charge in [-0.1, -0.05) is 54.8 Å².